The van der Waals surface area contributed by atoms with Crippen molar-refractivity contribution in [3.8, 4) is 0 Å². The van der Waals surface area contributed by atoms with E-state index in [1.165, 1.54) is 70.6 Å². The molecule has 0 aromatic heterocycles. The van der Waals surface area contributed by atoms with Gasteiger partial charge in [0.05, 0.1) is 0 Å². The Balaban J connectivity index is 2.78. The van der Waals surface area contributed by atoms with Crippen LogP contribution in [0.25, 0.3) is 0 Å². The van der Waals surface area contributed by atoms with Gasteiger partial charge in [-0.15, -0.1) is 0 Å². The van der Waals surface area contributed by atoms with Crippen molar-refractivity contribution in [1.82, 2.24) is 0 Å². The molecule has 108 valence electrons. The smallest absolute Gasteiger partial charge is 0.0246 e. The highest BCUT2D eigenvalue weighted by atomic mass is 14.4. The Morgan fingerprint density at radius 2 is 1.39 bits per heavy atom. The third-order valence-corrected chi connectivity index (χ3v) is 5.56. The van der Waals surface area contributed by atoms with Crippen molar-refractivity contribution in [3.05, 3.63) is 0 Å². The molecule has 0 radical (unpaired) electrons. The lowest BCUT2D eigenvalue weighted by molar-refractivity contribution is 0.0350. The molecule has 1 rings (SSSR count). The van der Waals surface area contributed by atoms with Crippen molar-refractivity contribution in [2.45, 2.75) is 98.3 Å². The quantitative estimate of drug-likeness (QED) is 0.457. The molecule has 0 heterocycles. The first-order valence-electron chi connectivity index (χ1n) is 8.67. The largest absolute Gasteiger partial charge is 0.0654 e. The molecule has 0 atom stereocenters. The lowest BCUT2D eigenvalue weighted by Gasteiger charge is -2.47. The summed E-state index contributed by atoms with van der Waals surface area (Å²) >= 11 is 0. The zero-order chi connectivity index (χ0) is 13.4. The van der Waals surface area contributed by atoms with Gasteiger partial charge in [-0.05, 0) is 42.9 Å². The van der Waals surface area contributed by atoms with Crippen LogP contribution >= 0.6 is 0 Å². The second-order valence-corrected chi connectivity index (χ2v) is 6.93. The summed E-state index contributed by atoms with van der Waals surface area (Å²) in [6, 6.07) is 0. The van der Waals surface area contributed by atoms with E-state index in [-0.39, 0.29) is 0 Å². The monoisotopic (exact) mass is 252 g/mol. The maximum Gasteiger partial charge on any atom is -0.0246 e. The molecular weight excluding hydrogens is 216 g/mol. The van der Waals surface area contributed by atoms with Gasteiger partial charge in [-0.3, -0.25) is 0 Å². The summed E-state index contributed by atoms with van der Waals surface area (Å²) in [5.41, 5.74) is 0.673. The molecule has 0 nitrogen and oxygen atoms in total. The predicted molar refractivity (Wildman–Crippen MR) is 82.9 cm³/mol. The van der Waals surface area contributed by atoms with Crippen molar-refractivity contribution in [1.29, 1.82) is 0 Å². The number of unbranched alkanes of at least 4 members (excludes halogenated alkanes) is 2. The summed E-state index contributed by atoms with van der Waals surface area (Å²) in [6.45, 7) is 9.71. The van der Waals surface area contributed by atoms with Crippen LogP contribution in [0.1, 0.15) is 98.3 Å². The highest BCUT2D eigenvalue weighted by Gasteiger charge is 2.40. The van der Waals surface area contributed by atoms with Crippen molar-refractivity contribution >= 4 is 0 Å². The summed E-state index contributed by atoms with van der Waals surface area (Å²) in [5, 5.41) is 0. The first-order valence-corrected chi connectivity index (χ1v) is 8.67. The Bertz CT molecular complexity index is 190. The normalized spacial score (nSPS) is 18.5. The van der Waals surface area contributed by atoms with E-state index in [2.05, 4.69) is 27.7 Å². The van der Waals surface area contributed by atoms with Gasteiger partial charge in [0.2, 0.25) is 0 Å². The first kappa shape index (κ1) is 16.1. The molecule has 1 saturated carbocycles. The molecule has 0 aromatic rings. The Morgan fingerprint density at radius 3 is 1.78 bits per heavy atom. The summed E-state index contributed by atoms with van der Waals surface area (Å²) < 4.78 is 0. The fourth-order valence-corrected chi connectivity index (χ4v) is 4.27. The van der Waals surface area contributed by atoms with E-state index in [1.807, 2.05) is 0 Å². The molecule has 0 bridgehead atoms. The molecule has 0 heteroatoms. The molecule has 1 aliphatic rings. The van der Waals surface area contributed by atoms with Crippen LogP contribution in [0.5, 0.6) is 0 Å². The van der Waals surface area contributed by atoms with Crippen LogP contribution in [0.3, 0.4) is 0 Å². The molecule has 0 aromatic carbocycles. The van der Waals surface area contributed by atoms with Crippen molar-refractivity contribution in [2.75, 3.05) is 0 Å². The van der Waals surface area contributed by atoms with E-state index in [0.717, 1.165) is 11.8 Å². The Labute approximate surface area is 116 Å². The van der Waals surface area contributed by atoms with Crippen LogP contribution in [-0.2, 0) is 0 Å². The van der Waals surface area contributed by atoms with E-state index in [4.69, 9.17) is 0 Å². The average Bonchev–Trinajstić information content (AvgIpc) is 2.40. The Hall–Kier alpha value is 0. The molecule has 0 unspecified atom stereocenters. The minimum atomic E-state index is 0.673. The summed E-state index contributed by atoms with van der Waals surface area (Å²) in [5.74, 6) is 1.91. The van der Waals surface area contributed by atoms with Gasteiger partial charge in [0, 0.05) is 0 Å². The molecule has 0 amide bonds. The minimum Gasteiger partial charge on any atom is -0.0654 e. The third-order valence-electron chi connectivity index (χ3n) is 5.56. The van der Waals surface area contributed by atoms with Crippen LogP contribution in [-0.4, -0.2) is 0 Å². The van der Waals surface area contributed by atoms with Gasteiger partial charge in [0.1, 0.15) is 0 Å². The zero-order valence-electron chi connectivity index (χ0n) is 13.4. The van der Waals surface area contributed by atoms with E-state index in [1.54, 1.807) is 0 Å². The van der Waals surface area contributed by atoms with Gasteiger partial charge in [-0.25, -0.2) is 0 Å². The first-order chi connectivity index (χ1) is 8.67. The maximum atomic E-state index is 2.50. The van der Waals surface area contributed by atoms with Gasteiger partial charge in [-0.1, -0.05) is 72.6 Å². The maximum absolute atomic E-state index is 2.50. The standard InChI is InChI=1S/C18H36/c1-5-7-14-18(16(3)4,15-8-6-2)17-12-10-9-11-13-17/h16-17H,5-15H2,1-4H3. The summed E-state index contributed by atoms with van der Waals surface area (Å²) in [4.78, 5) is 0. The van der Waals surface area contributed by atoms with Crippen LogP contribution in [0.15, 0.2) is 0 Å². The fraction of sp³-hybridized carbons (Fsp3) is 1.00. The lowest BCUT2D eigenvalue weighted by atomic mass is 9.58. The molecule has 0 spiro atoms. The predicted octanol–water partition coefficient (Wildman–Crippen LogP) is 6.59. The van der Waals surface area contributed by atoms with Crippen LogP contribution < -0.4 is 0 Å². The van der Waals surface area contributed by atoms with Crippen LogP contribution in [0.4, 0.5) is 0 Å². The highest BCUT2D eigenvalue weighted by Crippen LogP contribution is 2.50. The van der Waals surface area contributed by atoms with Gasteiger partial charge >= 0.3 is 0 Å². The molecule has 18 heavy (non-hydrogen) atoms. The second kappa shape index (κ2) is 8.23. The van der Waals surface area contributed by atoms with E-state index < -0.39 is 0 Å². The molecule has 0 N–H and O–H groups in total. The minimum absolute atomic E-state index is 0.673. The van der Waals surface area contributed by atoms with Crippen molar-refractivity contribution < 1.29 is 0 Å². The number of hydrogen-bond donors (Lipinski definition) is 0. The van der Waals surface area contributed by atoms with E-state index in [9.17, 15) is 0 Å². The molecule has 1 aliphatic carbocycles. The van der Waals surface area contributed by atoms with Crippen LogP contribution in [0, 0.1) is 17.3 Å². The topological polar surface area (TPSA) is 0 Å². The number of hydrogen-bond acceptors (Lipinski definition) is 0. The summed E-state index contributed by atoms with van der Waals surface area (Å²) in [7, 11) is 0. The van der Waals surface area contributed by atoms with E-state index >= 15 is 0 Å². The SMILES string of the molecule is CCCCC(CCCC)(C(C)C)C1CCCCC1. The molecule has 0 aliphatic heterocycles. The van der Waals surface area contributed by atoms with Crippen molar-refractivity contribution in [3.63, 3.8) is 0 Å². The fourth-order valence-electron chi connectivity index (χ4n) is 4.27. The van der Waals surface area contributed by atoms with Gasteiger partial charge < -0.3 is 0 Å². The van der Waals surface area contributed by atoms with Gasteiger partial charge in [0.15, 0.2) is 0 Å². The average molecular weight is 252 g/mol. The second-order valence-electron chi connectivity index (χ2n) is 6.93. The third kappa shape index (κ3) is 4.00. The zero-order valence-corrected chi connectivity index (χ0v) is 13.4. The van der Waals surface area contributed by atoms with Crippen molar-refractivity contribution in [2.24, 2.45) is 17.3 Å². The molecule has 0 saturated heterocycles. The van der Waals surface area contributed by atoms with E-state index in [0.29, 0.717) is 5.41 Å². The summed E-state index contributed by atoms with van der Waals surface area (Å²) in [6.07, 6.45) is 16.1. The highest BCUT2D eigenvalue weighted by molar-refractivity contribution is 4.90. The Kier molecular flexibility index (Phi) is 7.34. The lowest BCUT2D eigenvalue weighted by Crippen LogP contribution is -2.37. The van der Waals surface area contributed by atoms with Gasteiger partial charge in [-0.2, -0.15) is 0 Å². The Morgan fingerprint density at radius 1 is 0.889 bits per heavy atom. The van der Waals surface area contributed by atoms with Crippen LogP contribution in [0.2, 0.25) is 0 Å². The number of rotatable bonds is 8. The molecular formula is C18H36. The molecule has 1 fully saturated rings. The van der Waals surface area contributed by atoms with Gasteiger partial charge in [0.25, 0.3) is 0 Å².